The fourth-order valence-electron chi connectivity index (χ4n) is 2.33. The number of nitrogens with one attached hydrogen (secondary N) is 1. The standard InChI is InChI=1S/C20H21FN2O3/c1-14-3-9-17(10-4-14)22-19(25)13-23(2)20(26)12-11-18(24)15-5-7-16(21)8-6-15/h3-10H,11-13H2,1-2H3,(H,22,25). The van der Waals surface area contributed by atoms with Crippen LogP contribution < -0.4 is 5.32 Å². The van der Waals surface area contributed by atoms with E-state index < -0.39 is 5.82 Å². The molecule has 0 radical (unpaired) electrons. The minimum atomic E-state index is -0.419. The average Bonchev–Trinajstić information content (AvgIpc) is 2.61. The van der Waals surface area contributed by atoms with Crippen LogP contribution in [0.4, 0.5) is 10.1 Å². The van der Waals surface area contributed by atoms with Crippen LogP contribution in [0.25, 0.3) is 0 Å². The van der Waals surface area contributed by atoms with E-state index in [0.29, 0.717) is 11.3 Å². The molecule has 2 amide bonds. The molecule has 0 aliphatic heterocycles. The maximum absolute atomic E-state index is 12.9. The highest BCUT2D eigenvalue weighted by Crippen LogP contribution is 2.10. The predicted molar refractivity (Wildman–Crippen MR) is 97.4 cm³/mol. The van der Waals surface area contributed by atoms with E-state index in [1.54, 1.807) is 12.1 Å². The lowest BCUT2D eigenvalue weighted by Gasteiger charge is -2.16. The number of Topliss-reactive ketones (excluding diaryl/α,β-unsaturated/α-hetero) is 1. The fourth-order valence-corrected chi connectivity index (χ4v) is 2.33. The van der Waals surface area contributed by atoms with E-state index in [-0.39, 0.29) is 37.0 Å². The van der Waals surface area contributed by atoms with Crippen molar-refractivity contribution in [3.63, 3.8) is 0 Å². The molecular weight excluding hydrogens is 335 g/mol. The van der Waals surface area contributed by atoms with Gasteiger partial charge >= 0.3 is 0 Å². The van der Waals surface area contributed by atoms with Crippen molar-refractivity contribution >= 4 is 23.3 Å². The zero-order chi connectivity index (χ0) is 19.1. The Hall–Kier alpha value is -3.02. The molecule has 0 spiro atoms. The molecule has 2 aromatic rings. The van der Waals surface area contributed by atoms with Gasteiger partial charge in [-0.2, -0.15) is 0 Å². The summed E-state index contributed by atoms with van der Waals surface area (Å²) in [7, 11) is 1.51. The van der Waals surface area contributed by atoms with Gasteiger partial charge in [0.2, 0.25) is 11.8 Å². The van der Waals surface area contributed by atoms with Crippen molar-refractivity contribution in [2.45, 2.75) is 19.8 Å². The molecule has 0 aromatic heterocycles. The zero-order valence-corrected chi connectivity index (χ0v) is 14.8. The minimum Gasteiger partial charge on any atom is -0.336 e. The van der Waals surface area contributed by atoms with E-state index in [2.05, 4.69) is 5.32 Å². The van der Waals surface area contributed by atoms with Gasteiger partial charge in [0.05, 0.1) is 6.54 Å². The van der Waals surface area contributed by atoms with Gasteiger partial charge in [-0.05, 0) is 43.3 Å². The zero-order valence-electron chi connectivity index (χ0n) is 14.8. The first-order valence-electron chi connectivity index (χ1n) is 8.24. The summed E-state index contributed by atoms with van der Waals surface area (Å²) in [6.45, 7) is 1.85. The highest BCUT2D eigenvalue weighted by atomic mass is 19.1. The molecule has 0 atom stereocenters. The molecule has 136 valence electrons. The summed E-state index contributed by atoms with van der Waals surface area (Å²) in [5, 5.41) is 2.72. The largest absolute Gasteiger partial charge is 0.336 e. The maximum atomic E-state index is 12.9. The molecule has 0 bridgehead atoms. The van der Waals surface area contributed by atoms with E-state index in [0.717, 1.165) is 5.56 Å². The van der Waals surface area contributed by atoms with Gasteiger partial charge in [-0.3, -0.25) is 14.4 Å². The van der Waals surface area contributed by atoms with Crippen molar-refractivity contribution in [1.82, 2.24) is 4.90 Å². The number of carbonyl (C=O) groups is 3. The second kappa shape index (κ2) is 8.89. The third kappa shape index (κ3) is 5.81. The van der Waals surface area contributed by atoms with Crippen LogP contribution in [0.5, 0.6) is 0 Å². The van der Waals surface area contributed by atoms with Gasteiger partial charge in [-0.15, -0.1) is 0 Å². The first-order valence-corrected chi connectivity index (χ1v) is 8.24. The summed E-state index contributed by atoms with van der Waals surface area (Å²) in [4.78, 5) is 37.4. The molecule has 0 saturated carbocycles. The van der Waals surface area contributed by atoms with Gasteiger partial charge in [0, 0.05) is 31.1 Å². The molecule has 0 aliphatic rings. The third-order valence-corrected chi connectivity index (χ3v) is 3.87. The number of hydrogen-bond acceptors (Lipinski definition) is 3. The van der Waals surface area contributed by atoms with Gasteiger partial charge in [0.25, 0.3) is 0 Å². The Morgan fingerprint density at radius 2 is 1.58 bits per heavy atom. The first kappa shape index (κ1) is 19.3. The van der Waals surface area contributed by atoms with Gasteiger partial charge in [0.1, 0.15) is 5.82 Å². The fraction of sp³-hybridized carbons (Fsp3) is 0.250. The first-order chi connectivity index (χ1) is 12.3. The molecule has 0 heterocycles. The molecule has 2 rings (SSSR count). The summed E-state index contributed by atoms with van der Waals surface area (Å²) in [6.07, 6.45) is -0.00108. The number of halogens is 1. The number of nitrogens with zero attached hydrogens (tertiary/aromatic N) is 1. The molecule has 5 nitrogen and oxygen atoms in total. The monoisotopic (exact) mass is 356 g/mol. The number of hydrogen-bond donors (Lipinski definition) is 1. The summed E-state index contributed by atoms with van der Waals surface area (Å²) >= 11 is 0. The quantitative estimate of drug-likeness (QED) is 0.775. The molecule has 0 saturated heterocycles. The van der Waals surface area contributed by atoms with Crippen LogP contribution in [0.15, 0.2) is 48.5 Å². The van der Waals surface area contributed by atoms with Crippen molar-refractivity contribution < 1.29 is 18.8 Å². The van der Waals surface area contributed by atoms with Crippen LogP contribution in [0.3, 0.4) is 0 Å². The van der Waals surface area contributed by atoms with Gasteiger partial charge < -0.3 is 10.2 Å². The molecule has 0 aliphatic carbocycles. The molecule has 6 heteroatoms. The number of aryl methyl sites for hydroxylation is 1. The van der Waals surface area contributed by atoms with E-state index in [9.17, 15) is 18.8 Å². The van der Waals surface area contributed by atoms with Crippen LogP contribution in [0.1, 0.15) is 28.8 Å². The molecular formula is C20H21FN2O3. The second-order valence-corrected chi connectivity index (χ2v) is 6.09. The van der Waals surface area contributed by atoms with Gasteiger partial charge in [-0.1, -0.05) is 17.7 Å². The Balaban J connectivity index is 1.79. The topological polar surface area (TPSA) is 66.5 Å². The van der Waals surface area contributed by atoms with Crippen molar-refractivity contribution in [2.24, 2.45) is 0 Å². The van der Waals surface area contributed by atoms with Crippen LogP contribution in [-0.4, -0.2) is 36.1 Å². The number of anilines is 1. The average molecular weight is 356 g/mol. The van der Waals surface area contributed by atoms with E-state index in [1.165, 1.54) is 36.2 Å². The summed E-state index contributed by atoms with van der Waals surface area (Å²) in [5.74, 6) is -1.28. The third-order valence-electron chi connectivity index (χ3n) is 3.87. The number of ketones is 1. The Morgan fingerprint density at radius 1 is 0.962 bits per heavy atom. The highest BCUT2D eigenvalue weighted by Gasteiger charge is 2.15. The molecule has 0 unspecified atom stereocenters. The lowest BCUT2D eigenvalue weighted by atomic mass is 10.1. The Kier molecular flexibility index (Phi) is 6.60. The maximum Gasteiger partial charge on any atom is 0.243 e. The van der Waals surface area contributed by atoms with Crippen molar-refractivity contribution in [1.29, 1.82) is 0 Å². The second-order valence-electron chi connectivity index (χ2n) is 6.09. The van der Waals surface area contributed by atoms with E-state index >= 15 is 0 Å². The summed E-state index contributed by atoms with van der Waals surface area (Å²) < 4.78 is 12.9. The Bertz CT molecular complexity index is 786. The van der Waals surface area contributed by atoms with E-state index in [1.807, 2.05) is 19.1 Å². The molecule has 26 heavy (non-hydrogen) atoms. The Labute approximate surface area is 151 Å². The van der Waals surface area contributed by atoms with Gasteiger partial charge in [-0.25, -0.2) is 4.39 Å². The van der Waals surface area contributed by atoms with Crippen molar-refractivity contribution in [3.8, 4) is 0 Å². The highest BCUT2D eigenvalue weighted by molar-refractivity contribution is 5.98. The summed E-state index contributed by atoms with van der Waals surface area (Å²) in [6, 6.07) is 12.5. The summed E-state index contributed by atoms with van der Waals surface area (Å²) in [5.41, 5.74) is 2.10. The van der Waals surface area contributed by atoms with Crippen LogP contribution >= 0.6 is 0 Å². The molecule has 1 N–H and O–H groups in total. The van der Waals surface area contributed by atoms with Gasteiger partial charge in [0.15, 0.2) is 5.78 Å². The minimum absolute atomic E-state index is 0.00832. The number of benzene rings is 2. The van der Waals surface area contributed by atoms with Crippen molar-refractivity contribution in [2.75, 3.05) is 18.9 Å². The number of rotatable bonds is 7. The SMILES string of the molecule is Cc1ccc(NC(=O)CN(C)C(=O)CCC(=O)c2ccc(F)cc2)cc1. The van der Waals surface area contributed by atoms with Crippen LogP contribution in [0, 0.1) is 12.7 Å². The lowest BCUT2D eigenvalue weighted by molar-refractivity contribution is -0.133. The van der Waals surface area contributed by atoms with Crippen LogP contribution in [-0.2, 0) is 9.59 Å². The lowest BCUT2D eigenvalue weighted by Crippen LogP contribution is -2.35. The number of likely N-dealkylation sites (N-methyl/N-ethyl adjacent to an activating group) is 1. The number of carbonyl (C=O) groups excluding carboxylic acids is 3. The predicted octanol–water partition coefficient (Wildman–Crippen LogP) is 3.19. The smallest absolute Gasteiger partial charge is 0.243 e. The van der Waals surface area contributed by atoms with Crippen LogP contribution in [0.2, 0.25) is 0 Å². The van der Waals surface area contributed by atoms with E-state index in [4.69, 9.17) is 0 Å². The molecule has 2 aromatic carbocycles. The van der Waals surface area contributed by atoms with Crippen molar-refractivity contribution in [3.05, 3.63) is 65.5 Å². The molecule has 0 fully saturated rings. The normalized spacial score (nSPS) is 10.3. The Morgan fingerprint density at radius 3 is 2.19 bits per heavy atom. The number of amides is 2.